The summed E-state index contributed by atoms with van der Waals surface area (Å²) in [5, 5.41) is 0.631. The largest absolute Gasteiger partial charge is 0.329 e. The van der Waals surface area contributed by atoms with Gasteiger partial charge in [-0.2, -0.15) is 0 Å². The maximum absolute atomic E-state index is 5.88. The number of halogens is 1. The number of fused-ring (bicyclic) bond motifs is 1. The summed E-state index contributed by atoms with van der Waals surface area (Å²) in [6.07, 6.45) is 3.99. The molecule has 5 heteroatoms. The van der Waals surface area contributed by atoms with E-state index in [1.807, 2.05) is 6.07 Å². The highest BCUT2D eigenvalue weighted by Crippen LogP contribution is 2.44. The van der Waals surface area contributed by atoms with E-state index in [-0.39, 0.29) is 5.54 Å². The zero-order chi connectivity index (χ0) is 10.6. The first-order chi connectivity index (χ1) is 7.10. The molecule has 2 aromatic heterocycles. The van der Waals surface area contributed by atoms with E-state index in [0.717, 1.165) is 15.9 Å². The molecular formula is C10H10ClN3S. The summed E-state index contributed by atoms with van der Waals surface area (Å²) < 4.78 is 2.84. The molecule has 1 saturated carbocycles. The summed E-state index contributed by atoms with van der Waals surface area (Å²) in [5.41, 5.74) is 1.99. The number of H-pyrrole nitrogens is 1. The topological polar surface area (TPSA) is 33.6 Å². The van der Waals surface area contributed by atoms with Crippen molar-refractivity contribution in [2.75, 3.05) is 0 Å². The van der Waals surface area contributed by atoms with Crippen LogP contribution in [0.3, 0.4) is 0 Å². The molecule has 15 heavy (non-hydrogen) atoms. The summed E-state index contributed by atoms with van der Waals surface area (Å²) in [6, 6.07) is 1.86. The predicted molar refractivity (Wildman–Crippen MR) is 62.8 cm³/mol. The number of hydrogen-bond donors (Lipinski definition) is 1. The Morgan fingerprint density at radius 3 is 3.00 bits per heavy atom. The Kier molecular flexibility index (Phi) is 1.77. The summed E-state index contributed by atoms with van der Waals surface area (Å²) >= 11 is 11.2. The van der Waals surface area contributed by atoms with Crippen molar-refractivity contribution in [3.05, 3.63) is 22.1 Å². The Bertz CT molecular complexity index is 594. The van der Waals surface area contributed by atoms with Crippen LogP contribution in [0.25, 0.3) is 11.2 Å². The van der Waals surface area contributed by atoms with Crippen LogP contribution in [0.4, 0.5) is 0 Å². The van der Waals surface area contributed by atoms with Crippen molar-refractivity contribution in [3.63, 3.8) is 0 Å². The minimum Gasteiger partial charge on any atom is -0.329 e. The van der Waals surface area contributed by atoms with Gasteiger partial charge in [0.25, 0.3) is 0 Å². The summed E-state index contributed by atoms with van der Waals surface area (Å²) in [6.45, 7) is 2.20. The first-order valence-corrected chi connectivity index (χ1v) is 5.66. The molecule has 0 unspecified atom stereocenters. The van der Waals surface area contributed by atoms with Crippen molar-refractivity contribution in [3.8, 4) is 0 Å². The van der Waals surface area contributed by atoms with Gasteiger partial charge >= 0.3 is 0 Å². The van der Waals surface area contributed by atoms with Crippen molar-refractivity contribution in [2.24, 2.45) is 0 Å². The van der Waals surface area contributed by atoms with Crippen LogP contribution in [-0.4, -0.2) is 14.5 Å². The fraction of sp³-hybridized carbons (Fsp3) is 0.400. The Balaban J connectivity index is 2.38. The standard InChI is InChI=1S/C10H10ClN3S/c1-10(2-3-10)14-8-7(13-9(14)15)4-6(11)5-12-8/h4-5H,2-3H2,1H3,(H,13,15). The minimum atomic E-state index is 0.163. The van der Waals surface area contributed by atoms with E-state index in [9.17, 15) is 0 Å². The van der Waals surface area contributed by atoms with Gasteiger partial charge in [-0.1, -0.05) is 11.6 Å². The van der Waals surface area contributed by atoms with Gasteiger partial charge in [-0.15, -0.1) is 0 Å². The molecule has 1 N–H and O–H groups in total. The van der Waals surface area contributed by atoms with Crippen LogP contribution in [0.2, 0.25) is 5.02 Å². The summed E-state index contributed by atoms with van der Waals surface area (Å²) in [4.78, 5) is 7.49. The number of hydrogen-bond acceptors (Lipinski definition) is 2. The lowest BCUT2D eigenvalue weighted by Gasteiger charge is -2.10. The molecule has 78 valence electrons. The lowest BCUT2D eigenvalue weighted by atomic mass is 10.3. The fourth-order valence-corrected chi connectivity index (χ4v) is 2.45. The molecule has 0 amide bonds. The van der Waals surface area contributed by atoms with Gasteiger partial charge in [-0.25, -0.2) is 4.98 Å². The number of rotatable bonds is 1. The molecule has 1 fully saturated rings. The van der Waals surface area contributed by atoms with Gasteiger partial charge < -0.3 is 4.98 Å². The van der Waals surface area contributed by atoms with E-state index < -0.39 is 0 Å². The Morgan fingerprint density at radius 1 is 1.60 bits per heavy atom. The van der Waals surface area contributed by atoms with E-state index in [0.29, 0.717) is 5.02 Å². The average molecular weight is 240 g/mol. The van der Waals surface area contributed by atoms with Gasteiger partial charge in [0.15, 0.2) is 10.4 Å². The van der Waals surface area contributed by atoms with Crippen LogP contribution in [0.5, 0.6) is 0 Å². The minimum absolute atomic E-state index is 0.163. The number of pyridine rings is 1. The lowest BCUT2D eigenvalue weighted by Crippen LogP contribution is -2.12. The van der Waals surface area contributed by atoms with Crippen molar-refractivity contribution in [1.82, 2.24) is 14.5 Å². The molecule has 1 aliphatic carbocycles. The monoisotopic (exact) mass is 239 g/mol. The van der Waals surface area contributed by atoms with Crippen LogP contribution in [0.1, 0.15) is 19.8 Å². The Hall–Kier alpha value is -0.870. The predicted octanol–water partition coefficient (Wildman–Crippen LogP) is 3.26. The SMILES string of the molecule is CC1(n2c(=S)[nH]c3cc(Cl)cnc32)CC1. The van der Waals surface area contributed by atoms with Gasteiger partial charge in [-0.05, 0) is 38.0 Å². The molecule has 2 heterocycles. The molecule has 3 rings (SSSR count). The van der Waals surface area contributed by atoms with Gasteiger partial charge in [0, 0.05) is 11.7 Å². The Labute approximate surface area is 97.1 Å². The molecule has 2 aromatic rings. The molecule has 0 atom stereocenters. The highest BCUT2D eigenvalue weighted by atomic mass is 35.5. The quantitative estimate of drug-likeness (QED) is 0.775. The zero-order valence-corrected chi connectivity index (χ0v) is 9.82. The molecule has 0 radical (unpaired) electrons. The number of aromatic nitrogens is 3. The van der Waals surface area contributed by atoms with Gasteiger partial charge in [0.1, 0.15) is 0 Å². The van der Waals surface area contributed by atoms with Crippen LogP contribution in [0.15, 0.2) is 12.3 Å². The second-order valence-corrected chi connectivity index (χ2v) is 5.11. The van der Waals surface area contributed by atoms with Crippen LogP contribution in [-0.2, 0) is 5.54 Å². The third-order valence-corrected chi connectivity index (χ3v) is 3.49. The van der Waals surface area contributed by atoms with E-state index in [2.05, 4.69) is 21.5 Å². The number of nitrogens with zero attached hydrogens (tertiary/aromatic N) is 2. The van der Waals surface area contributed by atoms with Crippen molar-refractivity contribution in [1.29, 1.82) is 0 Å². The summed E-state index contributed by atoms with van der Waals surface area (Å²) in [7, 11) is 0. The first kappa shape index (κ1) is 9.36. The van der Waals surface area contributed by atoms with E-state index in [4.69, 9.17) is 23.8 Å². The van der Waals surface area contributed by atoms with Crippen LogP contribution < -0.4 is 0 Å². The maximum Gasteiger partial charge on any atom is 0.179 e. The molecule has 0 aromatic carbocycles. The first-order valence-electron chi connectivity index (χ1n) is 4.87. The highest BCUT2D eigenvalue weighted by molar-refractivity contribution is 7.71. The van der Waals surface area contributed by atoms with E-state index in [1.165, 1.54) is 12.8 Å². The van der Waals surface area contributed by atoms with Crippen molar-refractivity contribution >= 4 is 35.0 Å². The lowest BCUT2D eigenvalue weighted by molar-refractivity contribution is 0.538. The molecule has 0 spiro atoms. The number of nitrogens with one attached hydrogen (secondary N) is 1. The third-order valence-electron chi connectivity index (χ3n) is 3.00. The Morgan fingerprint density at radius 2 is 2.33 bits per heavy atom. The summed E-state index contributed by atoms with van der Waals surface area (Å²) in [5.74, 6) is 0. The van der Waals surface area contributed by atoms with Crippen LogP contribution >= 0.6 is 23.8 Å². The second kappa shape index (κ2) is 2.83. The van der Waals surface area contributed by atoms with Gasteiger partial charge in [0.05, 0.1) is 10.5 Å². The molecule has 0 aliphatic heterocycles. The van der Waals surface area contributed by atoms with E-state index >= 15 is 0 Å². The molecule has 1 aliphatic rings. The fourth-order valence-electron chi connectivity index (χ4n) is 1.87. The highest BCUT2D eigenvalue weighted by Gasteiger charge is 2.41. The van der Waals surface area contributed by atoms with Crippen LogP contribution in [0, 0.1) is 4.77 Å². The van der Waals surface area contributed by atoms with Gasteiger partial charge in [0.2, 0.25) is 0 Å². The molecule has 0 saturated heterocycles. The third kappa shape index (κ3) is 1.32. The van der Waals surface area contributed by atoms with E-state index in [1.54, 1.807) is 6.20 Å². The zero-order valence-electron chi connectivity index (χ0n) is 8.25. The number of imidazole rings is 1. The van der Waals surface area contributed by atoms with Crippen molar-refractivity contribution in [2.45, 2.75) is 25.3 Å². The normalized spacial score (nSPS) is 18.3. The maximum atomic E-state index is 5.88. The molecular weight excluding hydrogens is 230 g/mol. The van der Waals surface area contributed by atoms with Gasteiger partial charge in [-0.3, -0.25) is 4.57 Å². The average Bonchev–Trinajstić information content (AvgIpc) is 2.79. The number of aromatic amines is 1. The smallest absolute Gasteiger partial charge is 0.179 e. The van der Waals surface area contributed by atoms with Crippen molar-refractivity contribution < 1.29 is 0 Å². The molecule has 0 bridgehead atoms. The molecule has 3 nitrogen and oxygen atoms in total. The second-order valence-electron chi connectivity index (χ2n) is 4.29.